The molecule has 1 aliphatic carbocycles. The van der Waals surface area contributed by atoms with E-state index in [1.54, 1.807) is 7.05 Å². The standard InChI is InChI=1S/C20H39N5O2/c1-3-4-16-27-17-6-9-22-20(21-2)23-10-11-24-12-14-25(15-13-24)19(26)18-7-5-8-18/h18H,3-17H2,1-2H3,(H2,21,22,23). The van der Waals surface area contributed by atoms with Crippen molar-refractivity contribution in [2.24, 2.45) is 10.9 Å². The number of nitrogens with one attached hydrogen (secondary N) is 2. The summed E-state index contributed by atoms with van der Waals surface area (Å²) in [5.41, 5.74) is 0. The molecule has 2 N–H and O–H groups in total. The van der Waals surface area contributed by atoms with Crippen LogP contribution in [0.15, 0.2) is 4.99 Å². The highest BCUT2D eigenvalue weighted by molar-refractivity contribution is 5.80. The van der Waals surface area contributed by atoms with Crippen LogP contribution in [-0.4, -0.2) is 87.7 Å². The van der Waals surface area contributed by atoms with Crippen molar-refractivity contribution in [2.45, 2.75) is 45.4 Å². The minimum absolute atomic E-state index is 0.324. The van der Waals surface area contributed by atoms with Gasteiger partial charge >= 0.3 is 0 Å². The van der Waals surface area contributed by atoms with Crippen LogP contribution in [0.5, 0.6) is 0 Å². The first-order valence-corrected chi connectivity index (χ1v) is 10.8. The van der Waals surface area contributed by atoms with E-state index in [0.717, 1.165) is 90.7 Å². The second kappa shape index (κ2) is 12.9. The van der Waals surface area contributed by atoms with Crippen molar-refractivity contribution >= 4 is 11.9 Å². The van der Waals surface area contributed by atoms with Gasteiger partial charge in [-0.05, 0) is 25.7 Å². The molecule has 0 spiro atoms. The summed E-state index contributed by atoms with van der Waals surface area (Å²) in [7, 11) is 1.80. The van der Waals surface area contributed by atoms with Crippen LogP contribution < -0.4 is 10.6 Å². The molecular weight excluding hydrogens is 342 g/mol. The number of amides is 1. The molecule has 2 fully saturated rings. The molecule has 1 saturated heterocycles. The molecule has 156 valence electrons. The van der Waals surface area contributed by atoms with Crippen LogP contribution >= 0.6 is 0 Å². The number of aliphatic imine (C=N–C) groups is 1. The molecule has 7 nitrogen and oxygen atoms in total. The number of nitrogens with zero attached hydrogens (tertiary/aromatic N) is 3. The minimum atomic E-state index is 0.324. The number of carbonyl (C=O) groups is 1. The van der Waals surface area contributed by atoms with Gasteiger partial charge in [-0.25, -0.2) is 0 Å². The normalized spacial score (nSPS) is 19.0. The van der Waals surface area contributed by atoms with Gasteiger partial charge in [-0.3, -0.25) is 14.7 Å². The molecule has 0 aromatic heterocycles. The molecule has 1 aliphatic heterocycles. The molecule has 0 atom stereocenters. The SMILES string of the molecule is CCCCOCCCNC(=NC)NCCN1CCN(C(=O)C2CCC2)CC1. The van der Waals surface area contributed by atoms with Crippen LogP contribution in [0.3, 0.4) is 0 Å². The molecule has 7 heteroatoms. The summed E-state index contributed by atoms with van der Waals surface area (Å²) in [6.45, 7) is 10.2. The number of piperazine rings is 1. The molecule has 0 aromatic rings. The molecule has 2 rings (SSSR count). The van der Waals surface area contributed by atoms with E-state index in [9.17, 15) is 4.79 Å². The number of hydrogen-bond donors (Lipinski definition) is 2. The summed E-state index contributed by atoms with van der Waals surface area (Å²) in [6.07, 6.45) is 6.73. The Morgan fingerprint density at radius 2 is 1.78 bits per heavy atom. The van der Waals surface area contributed by atoms with Crippen LogP contribution in [0, 0.1) is 5.92 Å². The predicted octanol–water partition coefficient (Wildman–Crippen LogP) is 1.30. The van der Waals surface area contributed by atoms with Gasteiger partial charge in [0.25, 0.3) is 0 Å². The van der Waals surface area contributed by atoms with Crippen LogP contribution in [0.1, 0.15) is 45.4 Å². The quantitative estimate of drug-likeness (QED) is 0.321. The van der Waals surface area contributed by atoms with Gasteiger partial charge in [-0.15, -0.1) is 0 Å². The average molecular weight is 382 g/mol. The van der Waals surface area contributed by atoms with Gasteiger partial charge in [0, 0.05) is 72.0 Å². The number of carbonyl (C=O) groups excluding carboxylic acids is 1. The summed E-state index contributed by atoms with van der Waals surface area (Å²) in [6, 6.07) is 0. The highest BCUT2D eigenvalue weighted by atomic mass is 16.5. The fourth-order valence-electron chi connectivity index (χ4n) is 3.39. The smallest absolute Gasteiger partial charge is 0.225 e. The van der Waals surface area contributed by atoms with E-state index in [1.165, 1.54) is 12.8 Å². The zero-order valence-corrected chi connectivity index (χ0v) is 17.3. The Morgan fingerprint density at radius 3 is 2.41 bits per heavy atom. The van der Waals surface area contributed by atoms with Crippen molar-refractivity contribution in [1.29, 1.82) is 0 Å². The zero-order valence-electron chi connectivity index (χ0n) is 17.3. The summed E-state index contributed by atoms with van der Waals surface area (Å²) in [5.74, 6) is 1.56. The molecule has 0 radical (unpaired) electrons. The van der Waals surface area contributed by atoms with E-state index >= 15 is 0 Å². The third-order valence-corrected chi connectivity index (χ3v) is 5.48. The molecule has 1 heterocycles. The van der Waals surface area contributed by atoms with Gasteiger partial charge in [0.2, 0.25) is 5.91 Å². The maximum absolute atomic E-state index is 12.3. The van der Waals surface area contributed by atoms with E-state index < -0.39 is 0 Å². The Labute approximate surface area is 164 Å². The highest BCUT2D eigenvalue weighted by Crippen LogP contribution is 2.28. The maximum Gasteiger partial charge on any atom is 0.225 e. The van der Waals surface area contributed by atoms with Gasteiger partial charge in [0.15, 0.2) is 5.96 Å². The van der Waals surface area contributed by atoms with E-state index in [2.05, 4.69) is 32.3 Å². The number of hydrogen-bond acceptors (Lipinski definition) is 4. The average Bonchev–Trinajstić information content (AvgIpc) is 2.65. The minimum Gasteiger partial charge on any atom is -0.381 e. The number of guanidine groups is 1. The number of ether oxygens (including phenoxy) is 1. The van der Waals surface area contributed by atoms with Crippen molar-refractivity contribution in [2.75, 3.05) is 66.1 Å². The molecule has 1 saturated carbocycles. The maximum atomic E-state index is 12.3. The second-order valence-corrected chi connectivity index (χ2v) is 7.54. The monoisotopic (exact) mass is 381 g/mol. The Kier molecular flexibility index (Phi) is 10.5. The third-order valence-electron chi connectivity index (χ3n) is 5.48. The lowest BCUT2D eigenvalue weighted by Gasteiger charge is -2.38. The number of unbranched alkanes of at least 4 members (excludes halogenated alkanes) is 1. The van der Waals surface area contributed by atoms with Crippen molar-refractivity contribution in [3.8, 4) is 0 Å². The van der Waals surface area contributed by atoms with Gasteiger partial charge in [-0.1, -0.05) is 19.8 Å². The largest absolute Gasteiger partial charge is 0.381 e. The van der Waals surface area contributed by atoms with E-state index in [0.29, 0.717) is 11.8 Å². The van der Waals surface area contributed by atoms with Gasteiger partial charge < -0.3 is 20.3 Å². The highest BCUT2D eigenvalue weighted by Gasteiger charge is 2.30. The lowest BCUT2D eigenvalue weighted by atomic mass is 9.84. The third kappa shape index (κ3) is 8.05. The lowest BCUT2D eigenvalue weighted by molar-refractivity contribution is -0.139. The molecule has 1 amide bonds. The first kappa shape index (κ1) is 22.0. The van der Waals surface area contributed by atoms with Crippen molar-refractivity contribution < 1.29 is 9.53 Å². The molecule has 2 aliphatic rings. The van der Waals surface area contributed by atoms with Crippen molar-refractivity contribution in [3.63, 3.8) is 0 Å². The van der Waals surface area contributed by atoms with Crippen molar-refractivity contribution in [3.05, 3.63) is 0 Å². The molecular formula is C20H39N5O2. The van der Waals surface area contributed by atoms with Gasteiger partial charge in [0.05, 0.1) is 0 Å². The van der Waals surface area contributed by atoms with Crippen LogP contribution in [-0.2, 0) is 9.53 Å². The van der Waals surface area contributed by atoms with Gasteiger partial charge in [-0.2, -0.15) is 0 Å². The van der Waals surface area contributed by atoms with Crippen LogP contribution in [0.25, 0.3) is 0 Å². The predicted molar refractivity (Wildman–Crippen MR) is 110 cm³/mol. The summed E-state index contributed by atoms with van der Waals surface area (Å²) in [4.78, 5) is 21.1. The van der Waals surface area contributed by atoms with Crippen LogP contribution in [0.2, 0.25) is 0 Å². The molecule has 0 aromatic carbocycles. The zero-order chi connectivity index (χ0) is 19.3. The fraction of sp³-hybridized carbons (Fsp3) is 0.900. The van der Waals surface area contributed by atoms with Gasteiger partial charge in [0.1, 0.15) is 0 Å². The van der Waals surface area contributed by atoms with E-state index in [4.69, 9.17) is 4.74 Å². The summed E-state index contributed by atoms with van der Waals surface area (Å²) in [5, 5.41) is 6.71. The van der Waals surface area contributed by atoms with Crippen LogP contribution in [0.4, 0.5) is 0 Å². The first-order chi connectivity index (χ1) is 13.2. The molecule has 27 heavy (non-hydrogen) atoms. The first-order valence-electron chi connectivity index (χ1n) is 10.8. The Balaban J connectivity index is 1.49. The fourth-order valence-corrected chi connectivity index (χ4v) is 3.39. The lowest BCUT2D eigenvalue weighted by Crippen LogP contribution is -2.52. The topological polar surface area (TPSA) is 69.2 Å². The molecule has 0 bridgehead atoms. The van der Waals surface area contributed by atoms with E-state index in [-0.39, 0.29) is 0 Å². The summed E-state index contributed by atoms with van der Waals surface area (Å²) >= 11 is 0. The van der Waals surface area contributed by atoms with Crippen molar-refractivity contribution in [1.82, 2.24) is 20.4 Å². The molecule has 0 unspecified atom stereocenters. The Hall–Kier alpha value is -1.34. The second-order valence-electron chi connectivity index (χ2n) is 7.54. The van der Waals surface area contributed by atoms with E-state index in [1.807, 2.05) is 0 Å². The Bertz CT molecular complexity index is 446. The Morgan fingerprint density at radius 1 is 1.07 bits per heavy atom. The summed E-state index contributed by atoms with van der Waals surface area (Å²) < 4.78 is 5.57. The number of rotatable bonds is 11.